The molecule has 7 heteroatoms. The number of nitrogens with two attached hydrogens (primary N) is 1. The maximum atomic E-state index is 12.6. The van der Waals surface area contributed by atoms with Crippen LogP contribution in [-0.2, 0) is 11.3 Å². The van der Waals surface area contributed by atoms with E-state index in [-0.39, 0.29) is 12.3 Å². The van der Waals surface area contributed by atoms with Gasteiger partial charge in [-0.15, -0.1) is 0 Å². The average molecular weight is 344 g/mol. The van der Waals surface area contributed by atoms with Crippen LogP contribution in [0.4, 0.5) is 4.79 Å². The van der Waals surface area contributed by atoms with Crippen molar-refractivity contribution >= 4 is 11.9 Å². The van der Waals surface area contributed by atoms with E-state index in [0.29, 0.717) is 12.3 Å². The smallest absolute Gasteiger partial charge is 0.312 e. The highest BCUT2D eigenvalue weighted by molar-refractivity contribution is 5.78. The van der Waals surface area contributed by atoms with E-state index in [1.807, 2.05) is 45.0 Å². The van der Waals surface area contributed by atoms with E-state index in [4.69, 9.17) is 10.3 Å². The molecule has 134 valence electrons. The largest absolute Gasteiger partial charge is 0.361 e. The van der Waals surface area contributed by atoms with E-state index in [2.05, 4.69) is 10.5 Å². The van der Waals surface area contributed by atoms with Crippen LogP contribution >= 0.6 is 0 Å². The molecule has 25 heavy (non-hydrogen) atoms. The number of hydrogen-bond acceptors (Lipinski definition) is 4. The number of hydrogen-bond donors (Lipinski definition) is 2. The number of urea groups is 1. The third-order valence-electron chi connectivity index (χ3n) is 4.18. The van der Waals surface area contributed by atoms with Crippen LogP contribution in [0.15, 0.2) is 28.8 Å². The van der Waals surface area contributed by atoms with Crippen LogP contribution in [0.3, 0.4) is 0 Å². The first-order valence-electron chi connectivity index (χ1n) is 8.06. The van der Waals surface area contributed by atoms with E-state index in [0.717, 1.165) is 22.4 Å². The number of nitrogens with zero attached hydrogens (tertiary/aromatic N) is 2. The minimum Gasteiger partial charge on any atom is -0.361 e. The van der Waals surface area contributed by atoms with E-state index < -0.39 is 12.1 Å². The third-order valence-corrected chi connectivity index (χ3v) is 4.18. The highest BCUT2D eigenvalue weighted by Gasteiger charge is 2.21. The molecule has 0 radical (unpaired) electrons. The molecule has 2 rings (SSSR count). The number of aromatic nitrogens is 1. The third kappa shape index (κ3) is 4.82. The average Bonchev–Trinajstić information content (AvgIpc) is 2.86. The molecule has 3 amide bonds. The number of aryl methyl sites for hydroxylation is 3. The molecular formula is C18H24N4O3. The van der Waals surface area contributed by atoms with Crippen molar-refractivity contribution in [2.45, 2.75) is 39.8 Å². The Morgan fingerprint density at radius 3 is 2.40 bits per heavy atom. The van der Waals surface area contributed by atoms with Gasteiger partial charge in [0.05, 0.1) is 24.7 Å². The van der Waals surface area contributed by atoms with Gasteiger partial charge in [0.25, 0.3) is 0 Å². The fourth-order valence-corrected chi connectivity index (χ4v) is 2.61. The van der Waals surface area contributed by atoms with E-state index >= 15 is 0 Å². The highest BCUT2D eigenvalue weighted by atomic mass is 16.5. The first-order valence-corrected chi connectivity index (χ1v) is 8.06. The van der Waals surface area contributed by atoms with Gasteiger partial charge in [-0.05, 0) is 26.3 Å². The molecule has 0 aliphatic heterocycles. The monoisotopic (exact) mass is 344 g/mol. The maximum absolute atomic E-state index is 12.6. The summed E-state index contributed by atoms with van der Waals surface area (Å²) in [6.07, 6.45) is 0.117. The Labute approximate surface area is 147 Å². The SMILES string of the molecule is Cc1ccc(C(CC(=O)N(C)Cc2c(C)noc2C)NC(N)=O)cc1. The van der Waals surface area contributed by atoms with Crippen LogP contribution in [0, 0.1) is 20.8 Å². The fourth-order valence-electron chi connectivity index (χ4n) is 2.61. The lowest BCUT2D eigenvalue weighted by Crippen LogP contribution is -2.37. The fraction of sp³-hybridized carbons (Fsp3) is 0.389. The summed E-state index contributed by atoms with van der Waals surface area (Å²) in [5.74, 6) is 0.585. The second-order valence-corrected chi connectivity index (χ2v) is 6.23. The maximum Gasteiger partial charge on any atom is 0.312 e. The zero-order valence-corrected chi connectivity index (χ0v) is 15.0. The molecule has 1 aromatic heterocycles. The van der Waals surface area contributed by atoms with Crippen LogP contribution in [0.25, 0.3) is 0 Å². The summed E-state index contributed by atoms with van der Waals surface area (Å²) in [6.45, 7) is 6.03. The molecular weight excluding hydrogens is 320 g/mol. The summed E-state index contributed by atoms with van der Waals surface area (Å²) in [6, 6.07) is 6.51. The summed E-state index contributed by atoms with van der Waals surface area (Å²) in [4.78, 5) is 25.5. The van der Waals surface area contributed by atoms with Crippen molar-refractivity contribution in [3.8, 4) is 0 Å². The Hall–Kier alpha value is -2.83. The normalized spacial score (nSPS) is 11.8. The molecule has 0 fully saturated rings. The predicted molar refractivity (Wildman–Crippen MR) is 93.7 cm³/mol. The molecule has 0 spiro atoms. The standard InChI is InChI=1S/C18H24N4O3/c1-11-5-7-14(8-6-11)16(20-18(19)24)9-17(23)22(4)10-15-12(2)21-25-13(15)3/h5-8,16H,9-10H2,1-4H3,(H3,19,20,24). The van der Waals surface area contributed by atoms with Gasteiger partial charge in [0.15, 0.2) is 0 Å². The number of carbonyl (C=O) groups is 2. The quantitative estimate of drug-likeness (QED) is 0.840. The lowest BCUT2D eigenvalue weighted by Gasteiger charge is -2.22. The Morgan fingerprint density at radius 1 is 1.24 bits per heavy atom. The molecule has 3 N–H and O–H groups in total. The minimum atomic E-state index is -0.660. The van der Waals surface area contributed by atoms with Gasteiger partial charge >= 0.3 is 6.03 Å². The van der Waals surface area contributed by atoms with E-state index in [1.165, 1.54) is 0 Å². The van der Waals surface area contributed by atoms with Crippen LogP contribution < -0.4 is 11.1 Å². The van der Waals surface area contributed by atoms with Crippen LogP contribution in [-0.4, -0.2) is 29.0 Å². The van der Waals surface area contributed by atoms with Crippen molar-refractivity contribution in [2.24, 2.45) is 5.73 Å². The van der Waals surface area contributed by atoms with Crippen molar-refractivity contribution < 1.29 is 14.1 Å². The van der Waals surface area contributed by atoms with E-state index in [1.54, 1.807) is 11.9 Å². The second-order valence-electron chi connectivity index (χ2n) is 6.23. The lowest BCUT2D eigenvalue weighted by atomic mass is 10.0. The van der Waals surface area contributed by atoms with Crippen LogP contribution in [0.5, 0.6) is 0 Å². The molecule has 0 saturated carbocycles. The summed E-state index contributed by atoms with van der Waals surface area (Å²) in [7, 11) is 1.71. The van der Waals surface area contributed by atoms with Crippen molar-refractivity contribution in [1.82, 2.24) is 15.4 Å². The predicted octanol–water partition coefficient (Wildman–Crippen LogP) is 2.36. The Balaban J connectivity index is 2.10. The molecule has 7 nitrogen and oxygen atoms in total. The van der Waals surface area contributed by atoms with Crippen LogP contribution in [0.1, 0.15) is 40.6 Å². The van der Waals surface area contributed by atoms with Gasteiger partial charge in [-0.25, -0.2) is 4.79 Å². The molecule has 1 heterocycles. The molecule has 1 atom stereocenters. The summed E-state index contributed by atoms with van der Waals surface area (Å²) in [5, 5.41) is 6.54. The highest BCUT2D eigenvalue weighted by Crippen LogP contribution is 2.20. The number of nitrogens with one attached hydrogen (secondary N) is 1. The van der Waals surface area contributed by atoms with E-state index in [9.17, 15) is 9.59 Å². The van der Waals surface area contributed by atoms with Gasteiger partial charge < -0.3 is 20.5 Å². The number of rotatable bonds is 6. The number of carbonyl (C=O) groups excluding carboxylic acids is 2. The zero-order chi connectivity index (χ0) is 18.6. The topological polar surface area (TPSA) is 101 Å². The second kappa shape index (κ2) is 7.83. The molecule has 2 aromatic rings. The van der Waals surface area contributed by atoms with Crippen molar-refractivity contribution in [1.29, 1.82) is 0 Å². The van der Waals surface area contributed by atoms with Crippen molar-refractivity contribution in [3.63, 3.8) is 0 Å². The Bertz CT molecular complexity index is 733. The van der Waals surface area contributed by atoms with Gasteiger partial charge in [0.1, 0.15) is 5.76 Å². The lowest BCUT2D eigenvalue weighted by molar-refractivity contribution is -0.130. The number of benzene rings is 1. The summed E-state index contributed by atoms with van der Waals surface area (Å²) in [5.41, 5.74) is 8.86. The van der Waals surface area contributed by atoms with Gasteiger partial charge in [0.2, 0.25) is 5.91 Å². The molecule has 0 aliphatic carbocycles. The van der Waals surface area contributed by atoms with Gasteiger partial charge in [-0.3, -0.25) is 4.79 Å². The number of primary amides is 1. The first-order chi connectivity index (χ1) is 11.8. The van der Waals surface area contributed by atoms with Gasteiger partial charge in [-0.2, -0.15) is 0 Å². The van der Waals surface area contributed by atoms with Crippen molar-refractivity contribution in [2.75, 3.05) is 7.05 Å². The first kappa shape index (κ1) is 18.5. The molecule has 1 unspecified atom stereocenters. The molecule has 0 aliphatic rings. The Morgan fingerprint density at radius 2 is 1.88 bits per heavy atom. The van der Waals surface area contributed by atoms with Gasteiger partial charge in [0, 0.05) is 12.6 Å². The minimum absolute atomic E-state index is 0.112. The molecule has 0 bridgehead atoms. The van der Waals surface area contributed by atoms with Gasteiger partial charge in [-0.1, -0.05) is 35.0 Å². The summed E-state index contributed by atoms with van der Waals surface area (Å²) < 4.78 is 5.13. The molecule has 1 aromatic carbocycles. The van der Waals surface area contributed by atoms with Crippen molar-refractivity contribution in [3.05, 3.63) is 52.4 Å². The number of amides is 3. The van der Waals surface area contributed by atoms with Crippen LogP contribution in [0.2, 0.25) is 0 Å². The zero-order valence-electron chi connectivity index (χ0n) is 15.0. The molecule has 0 saturated heterocycles. The summed E-state index contributed by atoms with van der Waals surface area (Å²) >= 11 is 0. The Kier molecular flexibility index (Phi) is 5.80.